The van der Waals surface area contributed by atoms with Crippen molar-refractivity contribution in [2.75, 3.05) is 6.61 Å². The molecule has 2 rings (SSSR count). The molecule has 2 aromatic heterocycles. The monoisotopic (exact) mass is 361 g/mol. The molecule has 0 aliphatic heterocycles. The van der Waals surface area contributed by atoms with Gasteiger partial charge in [0, 0.05) is 36.5 Å². The van der Waals surface area contributed by atoms with E-state index in [-0.39, 0.29) is 40.1 Å². The normalized spacial score (nSPS) is 12.4. The van der Waals surface area contributed by atoms with Crippen LogP contribution in [-0.2, 0) is 43.0 Å². The number of hydrogen-bond donors (Lipinski definition) is 2. The Labute approximate surface area is 123 Å². The topological polar surface area (TPSA) is 102 Å². The average Bonchev–Trinajstić information content (AvgIpc) is 2.77. The van der Waals surface area contributed by atoms with E-state index in [2.05, 4.69) is 4.98 Å². The van der Waals surface area contributed by atoms with Crippen molar-refractivity contribution in [1.29, 1.82) is 0 Å². The predicted molar refractivity (Wildman–Crippen MR) is 63.3 cm³/mol. The van der Waals surface area contributed by atoms with E-state index in [9.17, 15) is 14.7 Å². The Morgan fingerprint density at radius 1 is 1.32 bits per heavy atom. The van der Waals surface area contributed by atoms with Crippen LogP contribution >= 0.6 is 0 Å². The van der Waals surface area contributed by atoms with E-state index in [0.717, 1.165) is 4.57 Å². The van der Waals surface area contributed by atoms with Gasteiger partial charge in [-0.1, -0.05) is 0 Å². The zero-order valence-electron chi connectivity index (χ0n) is 10.4. The van der Waals surface area contributed by atoms with Crippen molar-refractivity contribution in [2.45, 2.75) is 12.6 Å². The second-order valence-corrected chi connectivity index (χ2v) is 4.11. The third-order valence-corrected chi connectivity index (χ3v) is 2.84. The van der Waals surface area contributed by atoms with Crippen molar-refractivity contribution in [2.24, 2.45) is 14.1 Å². The first-order valence-electron chi connectivity index (χ1n) is 5.37. The van der Waals surface area contributed by atoms with E-state index in [4.69, 9.17) is 5.11 Å². The maximum absolute atomic E-state index is 12.0. The fourth-order valence-electron chi connectivity index (χ4n) is 1.82. The molecular formula is C10H14AgN4O4. The molecule has 0 aromatic carbocycles. The van der Waals surface area contributed by atoms with Crippen LogP contribution in [0.25, 0.3) is 11.2 Å². The Balaban J connectivity index is 0.00000180. The van der Waals surface area contributed by atoms with Gasteiger partial charge in [0.1, 0.15) is 0 Å². The summed E-state index contributed by atoms with van der Waals surface area (Å²) in [7, 11) is 2.90. The molecule has 0 aliphatic rings. The quantitative estimate of drug-likeness (QED) is 0.603. The number of fused-ring (bicyclic) bond motifs is 1. The SMILES string of the molecule is Cn1c(=O)c2c(ncn2CC(O)CO)n(C)c1=O.[Ag]. The predicted octanol–water partition coefficient (Wildman–Crippen LogP) is -2.22. The second-order valence-electron chi connectivity index (χ2n) is 4.11. The Bertz CT molecular complexity index is 702. The number of imidazole rings is 1. The van der Waals surface area contributed by atoms with E-state index < -0.39 is 24.0 Å². The molecule has 19 heavy (non-hydrogen) atoms. The van der Waals surface area contributed by atoms with Crippen molar-refractivity contribution < 1.29 is 32.6 Å². The molecule has 0 amide bonds. The Morgan fingerprint density at radius 2 is 1.95 bits per heavy atom. The molecule has 1 radical (unpaired) electrons. The molecule has 0 bridgehead atoms. The third-order valence-electron chi connectivity index (χ3n) is 2.84. The number of aliphatic hydroxyl groups excluding tert-OH is 2. The Morgan fingerprint density at radius 3 is 2.53 bits per heavy atom. The summed E-state index contributed by atoms with van der Waals surface area (Å²) in [6.45, 7) is -0.369. The van der Waals surface area contributed by atoms with Crippen LogP contribution in [0.1, 0.15) is 0 Å². The summed E-state index contributed by atoms with van der Waals surface area (Å²) >= 11 is 0. The standard InChI is InChI=1S/C10H14N4O4.Ag/c1-12-8-7(9(17)13(2)10(12)18)14(5-11-8)3-6(16)4-15;/h5-6,15-16H,3-4H2,1-2H3;. The number of aryl methyl sites for hydroxylation is 1. The van der Waals surface area contributed by atoms with Crippen LogP contribution in [-0.4, -0.2) is 41.6 Å². The number of aromatic nitrogens is 4. The molecule has 0 saturated carbocycles. The maximum atomic E-state index is 12.0. The number of nitrogens with zero attached hydrogens (tertiary/aromatic N) is 4. The third kappa shape index (κ3) is 2.58. The van der Waals surface area contributed by atoms with Gasteiger partial charge in [0.05, 0.1) is 25.6 Å². The zero-order valence-corrected chi connectivity index (χ0v) is 11.9. The van der Waals surface area contributed by atoms with E-state index in [1.54, 1.807) is 0 Å². The molecule has 109 valence electrons. The minimum absolute atomic E-state index is 0. The van der Waals surface area contributed by atoms with Crippen molar-refractivity contribution in [3.8, 4) is 0 Å². The van der Waals surface area contributed by atoms with E-state index in [0.29, 0.717) is 0 Å². The van der Waals surface area contributed by atoms with Crippen molar-refractivity contribution in [3.05, 3.63) is 27.2 Å². The first-order chi connectivity index (χ1) is 8.47. The first kappa shape index (κ1) is 15.9. The molecule has 0 aliphatic carbocycles. The molecule has 9 heteroatoms. The first-order valence-corrected chi connectivity index (χ1v) is 5.37. The van der Waals surface area contributed by atoms with Gasteiger partial charge in [-0.15, -0.1) is 0 Å². The van der Waals surface area contributed by atoms with Crippen molar-refractivity contribution in [3.63, 3.8) is 0 Å². The summed E-state index contributed by atoms with van der Waals surface area (Å²) in [4.78, 5) is 27.7. The largest absolute Gasteiger partial charge is 0.394 e. The van der Waals surface area contributed by atoms with E-state index in [1.165, 1.54) is 29.6 Å². The van der Waals surface area contributed by atoms with Crippen LogP contribution in [0.3, 0.4) is 0 Å². The number of hydrogen-bond acceptors (Lipinski definition) is 5. The van der Waals surface area contributed by atoms with Crippen LogP contribution in [0.5, 0.6) is 0 Å². The minimum Gasteiger partial charge on any atom is -0.394 e. The van der Waals surface area contributed by atoms with Crippen molar-refractivity contribution >= 4 is 11.2 Å². The molecule has 1 unspecified atom stereocenters. The van der Waals surface area contributed by atoms with Crippen LogP contribution in [0, 0.1) is 0 Å². The van der Waals surface area contributed by atoms with Gasteiger partial charge >= 0.3 is 5.69 Å². The molecule has 2 aromatic rings. The van der Waals surface area contributed by atoms with Gasteiger partial charge < -0.3 is 14.8 Å². The molecule has 2 N–H and O–H groups in total. The molecule has 0 saturated heterocycles. The summed E-state index contributed by atoms with van der Waals surface area (Å²) < 4.78 is 3.67. The Kier molecular flexibility index (Phi) is 4.88. The van der Waals surface area contributed by atoms with Crippen molar-refractivity contribution in [1.82, 2.24) is 18.7 Å². The fraction of sp³-hybridized carbons (Fsp3) is 0.500. The van der Waals surface area contributed by atoms with Crippen LogP contribution in [0.4, 0.5) is 0 Å². The average molecular weight is 362 g/mol. The fourth-order valence-corrected chi connectivity index (χ4v) is 1.82. The van der Waals surface area contributed by atoms with Gasteiger partial charge in [-0.3, -0.25) is 13.9 Å². The molecule has 0 spiro atoms. The Hall–Kier alpha value is -1.19. The van der Waals surface area contributed by atoms with E-state index >= 15 is 0 Å². The number of aliphatic hydroxyl groups is 2. The minimum atomic E-state index is -0.982. The second kappa shape index (κ2) is 5.85. The molecule has 2 heterocycles. The molecular weight excluding hydrogens is 348 g/mol. The van der Waals surface area contributed by atoms with E-state index in [1.807, 2.05) is 0 Å². The summed E-state index contributed by atoms with van der Waals surface area (Å²) in [6.07, 6.45) is 0.383. The van der Waals surface area contributed by atoms with Crippen LogP contribution in [0.2, 0.25) is 0 Å². The van der Waals surface area contributed by atoms with Gasteiger partial charge in [-0.2, -0.15) is 0 Å². The smallest absolute Gasteiger partial charge is 0.332 e. The molecule has 0 fully saturated rings. The van der Waals surface area contributed by atoms with Gasteiger partial charge in [0.2, 0.25) is 0 Å². The van der Waals surface area contributed by atoms with Gasteiger partial charge in [-0.05, 0) is 0 Å². The molecule has 8 nitrogen and oxygen atoms in total. The van der Waals surface area contributed by atoms with Gasteiger partial charge in [0.15, 0.2) is 11.2 Å². The summed E-state index contributed by atoms with van der Waals surface area (Å²) in [5.74, 6) is 0. The molecule has 1 atom stereocenters. The van der Waals surface area contributed by atoms with Gasteiger partial charge in [0.25, 0.3) is 5.56 Å². The van der Waals surface area contributed by atoms with Crippen LogP contribution < -0.4 is 11.2 Å². The number of rotatable bonds is 3. The zero-order chi connectivity index (χ0) is 13.4. The maximum Gasteiger partial charge on any atom is 0.332 e. The summed E-state index contributed by atoms with van der Waals surface area (Å²) in [5.41, 5.74) is -0.448. The van der Waals surface area contributed by atoms with Gasteiger partial charge in [-0.25, -0.2) is 9.78 Å². The van der Waals surface area contributed by atoms with Crippen LogP contribution in [0.15, 0.2) is 15.9 Å². The summed E-state index contributed by atoms with van der Waals surface area (Å²) in [6, 6.07) is 0. The summed E-state index contributed by atoms with van der Waals surface area (Å²) in [5, 5.41) is 18.2.